The highest BCUT2D eigenvalue weighted by Gasteiger charge is 2.18. The third-order valence-corrected chi connectivity index (χ3v) is 2.55. The van der Waals surface area contributed by atoms with Gasteiger partial charge in [-0.3, -0.25) is 9.59 Å². The van der Waals surface area contributed by atoms with Crippen molar-refractivity contribution in [1.29, 1.82) is 0 Å². The van der Waals surface area contributed by atoms with Gasteiger partial charge in [-0.25, -0.2) is 9.59 Å². The smallest absolute Gasteiger partial charge is 0.408 e. The molecule has 142 valence electrons. The highest BCUT2D eigenvalue weighted by molar-refractivity contribution is 5.93. The van der Waals surface area contributed by atoms with Gasteiger partial charge in [0, 0.05) is 6.92 Å². The van der Waals surface area contributed by atoms with Crippen molar-refractivity contribution in [2.24, 2.45) is 0 Å². The van der Waals surface area contributed by atoms with Gasteiger partial charge in [-0.15, -0.1) is 0 Å². The number of nitrogens with one attached hydrogen (secondary N) is 1. The first-order valence-electron chi connectivity index (χ1n) is 7.65. The minimum Gasteiger partial charge on any atom is -0.444 e. The number of esters is 3. The summed E-state index contributed by atoms with van der Waals surface area (Å²) in [5.74, 6) is -2.22. The van der Waals surface area contributed by atoms with Gasteiger partial charge in [-0.2, -0.15) is 0 Å². The summed E-state index contributed by atoms with van der Waals surface area (Å²) in [5, 5.41) is 2.21. The molecule has 1 N–H and O–H groups in total. The van der Waals surface area contributed by atoms with Crippen LogP contribution in [-0.2, 0) is 23.8 Å². The topological polar surface area (TPSA) is 117 Å². The fourth-order valence-electron chi connectivity index (χ4n) is 1.62. The quantitative estimate of drug-likeness (QED) is 0.459. The number of ether oxygens (including phenoxy) is 4. The second-order valence-electron chi connectivity index (χ2n) is 6.01. The summed E-state index contributed by atoms with van der Waals surface area (Å²) in [6, 6.07) is 5.96. The number of amides is 1. The molecule has 0 bridgehead atoms. The zero-order valence-electron chi connectivity index (χ0n) is 15.0. The van der Waals surface area contributed by atoms with Crippen LogP contribution in [0, 0.1) is 0 Å². The standard InChI is InChI=1S/C17H21NO8/c1-11(19)25-13-8-6-5-7-12(13)15(21)24-10-23-14(20)9-18-16(22)26-17(2,3)4/h5-8H,9-10H2,1-4H3,(H,18,22). The van der Waals surface area contributed by atoms with Crippen LogP contribution in [0.15, 0.2) is 24.3 Å². The second-order valence-corrected chi connectivity index (χ2v) is 6.01. The number of rotatable bonds is 6. The van der Waals surface area contributed by atoms with E-state index in [0.29, 0.717) is 0 Å². The Morgan fingerprint density at radius 3 is 2.31 bits per heavy atom. The van der Waals surface area contributed by atoms with Crippen LogP contribution in [0.1, 0.15) is 38.1 Å². The Bertz CT molecular complexity index is 678. The molecule has 9 heteroatoms. The van der Waals surface area contributed by atoms with E-state index in [4.69, 9.17) is 14.2 Å². The zero-order chi connectivity index (χ0) is 19.7. The normalized spacial score (nSPS) is 10.5. The van der Waals surface area contributed by atoms with Crippen molar-refractivity contribution >= 4 is 24.0 Å². The Morgan fingerprint density at radius 1 is 1.04 bits per heavy atom. The molecule has 0 aliphatic rings. The summed E-state index contributed by atoms with van der Waals surface area (Å²) >= 11 is 0. The lowest BCUT2D eigenvalue weighted by atomic mass is 10.2. The van der Waals surface area contributed by atoms with Gasteiger partial charge in [0.1, 0.15) is 23.5 Å². The fourth-order valence-corrected chi connectivity index (χ4v) is 1.62. The van der Waals surface area contributed by atoms with E-state index in [1.54, 1.807) is 32.9 Å². The van der Waals surface area contributed by atoms with Crippen LogP contribution in [0.3, 0.4) is 0 Å². The van der Waals surface area contributed by atoms with E-state index in [-0.39, 0.29) is 11.3 Å². The number of carbonyl (C=O) groups is 4. The van der Waals surface area contributed by atoms with Gasteiger partial charge in [0.25, 0.3) is 0 Å². The monoisotopic (exact) mass is 367 g/mol. The van der Waals surface area contributed by atoms with Gasteiger partial charge in [-0.1, -0.05) is 12.1 Å². The molecule has 0 aliphatic heterocycles. The van der Waals surface area contributed by atoms with Crippen molar-refractivity contribution < 1.29 is 38.1 Å². The van der Waals surface area contributed by atoms with E-state index in [0.717, 1.165) is 0 Å². The lowest BCUT2D eigenvalue weighted by Crippen LogP contribution is -2.36. The van der Waals surface area contributed by atoms with E-state index >= 15 is 0 Å². The third-order valence-electron chi connectivity index (χ3n) is 2.55. The summed E-state index contributed by atoms with van der Waals surface area (Å²) < 4.78 is 19.3. The minimum absolute atomic E-state index is 0.00521. The Morgan fingerprint density at radius 2 is 1.69 bits per heavy atom. The van der Waals surface area contributed by atoms with Gasteiger partial charge >= 0.3 is 24.0 Å². The van der Waals surface area contributed by atoms with E-state index < -0.39 is 42.9 Å². The Labute approximate surface area is 150 Å². The molecule has 0 radical (unpaired) electrons. The highest BCUT2D eigenvalue weighted by Crippen LogP contribution is 2.19. The van der Waals surface area contributed by atoms with Crippen molar-refractivity contribution in [3.8, 4) is 5.75 Å². The van der Waals surface area contributed by atoms with E-state index in [9.17, 15) is 19.2 Å². The van der Waals surface area contributed by atoms with Crippen molar-refractivity contribution in [2.75, 3.05) is 13.3 Å². The molecule has 1 rings (SSSR count). The molecule has 0 aromatic heterocycles. The van der Waals surface area contributed by atoms with Gasteiger partial charge < -0.3 is 24.3 Å². The SMILES string of the molecule is CC(=O)Oc1ccccc1C(=O)OCOC(=O)CNC(=O)OC(C)(C)C. The maximum atomic E-state index is 12.0. The first-order chi connectivity index (χ1) is 12.1. The number of hydrogen-bond donors (Lipinski definition) is 1. The van der Waals surface area contributed by atoms with Crippen LogP contribution in [0.4, 0.5) is 4.79 Å². The molecular weight excluding hydrogens is 346 g/mol. The molecule has 1 aromatic carbocycles. The lowest BCUT2D eigenvalue weighted by molar-refractivity contribution is -0.151. The molecule has 9 nitrogen and oxygen atoms in total. The molecule has 0 aliphatic carbocycles. The number of hydrogen-bond acceptors (Lipinski definition) is 8. The second kappa shape index (κ2) is 9.40. The molecule has 1 aromatic rings. The maximum Gasteiger partial charge on any atom is 0.408 e. The molecule has 0 atom stereocenters. The predicted octanol–water partition coefficient (Wildman–Crippen LogP) is 1.79. The van der Waals surface area contributed by atoms with Crippen LogP contribution in [-0.4, -0.2) is 42.9 Å². The molecule has 0 unspecified atom stereocenters. The molecule has 1 amide bonds. The van der Waals surface area contributed by atoms with Crippen molar-refractivity contribution in [1.82, 2.24) is 5.32 Å². The Kier molecular flexibility index (Phi) is 7.57. The molecule has 26 heavy (non-hydrogen) atoms. The van der Waals surface area contributed by atoms with E-state index in [1.165, 1.54) is 19.1 Å². The van der Waals surface area contributed by atoms with Gasteiger partial charge in [0.2, 0.25) is 6.79 Å². The first kappa shape index (κ1) is 20.9. The van der Waals surface area contributed by atoms with E-state index in [1.807, 2.05) is 0 Å². The maximum absolute atomic E-state index is 12.0. The van der Waals surface area contributed by atoms with Crippen LogP contribution in [0.5, 0.6) is 5.75 Å². The van der Waals surface area contributed by atoms with Crippen LogP contribution in [0.2, 0.25) is 0 Å². The summed E-state index contributed by atoms with van der Waals surface area (Å²) in [5.41, 5.74) is -0.690. The number of carbonyl (C=O) groups excluding carboxylic acids is 4. The Balaban J connectivity index is 2.41. The number of para-hydroxylation sites is 1. The van der Waals surface area contributed by atoms with Crippen LogP contribution in [0.25, 0.3) is 0 Å². The summed E-state index contributed by atoms with van der Waals surface area (Å²) in [7, 11) is 0. The molecule has 0 heterocycles. The molecule has 0 saturated heterocycles. The average molecular weight is 367 g/mol. The van der Waals surface area contributed by atoms with E-state index in [2.05, 4.69) is 10.1 Å². The van der Waals surface area contributed by atoms with Crippen molar-refractivity contribution in [2.45, 2.75) is 33.3 Å². The largest absolute Gasteiger partial charge is 0.444 e. The minimum atomic E-state index is -0.838. The third kappa shape index (κ3) is 8.13. The van der Waals surface area contributed by atoms with Gasteiger partial charge in [-0.05, 0) is 32.9 Å². The van der Waals surface area contributed by atoms with Crippen molar-refractivity contribution in [3.05, 3.63) is 29.8 Å². The fraction of sp³-hybridized carbons (Fsp3) is 0.412. The van der Waals surface area contributed by atoms with Crippen molar-refractivity contribution in [3.63, 3.8) is 0 Å². The lowest BCUT2D eigenvalue weighted by Gasteiger charge is -2.19. The summed E-state index contributed by atoms with van der Waals surface area (Å²) in [6.07, 6.45) is -0.776. The Hall–Kier alpha value is -3.10. The zero-order valence-corrected chi connectivity index (χ0v) is 15.0. The van der Waals surface area contributed by atoms with Crippen LogP contribution < -0.4 is 10.1 Å². The highest BCUT2D eigenvalue weighted by atomic mass is 16.7. The molecule has 0 saturated carbocycles. The predicted molar refractivity (Wildman–Crippen MR) is 88.4 cm³/mol. The van der Waals surface area contributed by atoms with Gasteiger partial charge in [0.05, 0.1) is 0 Å². The average Bonchev–Trinajstić information content (AvgIpc) is 2.51. The molecule has 0 spiro atoms. The summed E-state index contributed by atoms with van der Waals surface area (Å²) in [4.78, 5) is 45.9. The first-order valence-corrected chi connectivity index (χ1v) is 7.65. The van der Waals surface area contributed by atoms with Gasteiger partial charge in [0.15, 0.2) is 0 Å². The molecule has 0 fully saturated rings. The molecular formula is C17H21NO8. The number of benzene rings is 1. The van der Waals surface area contributed by atoms with Crippen LogP contribution >= 0.6 is 0 Å². The summed E-state index contributed by atoms with van der Waals surface area (Å²) in [6.45, 7) is 5.12. The number of alkyl carbamates (subject to hydrolysis) is 1.